The fraction of sp³-hybridized carbons (Fsp3) is 0.259. The monoisotopic (exact) mass is 509 g/mol. The third-order valence-corrected chi connectivity index (χ3v) is 6.11. The zero-order chi connectivity index (χ0) is 25.3. The van der Waals surface area contributed by atoms with Gasteiger partial charge in [0.1, 0.15) is 23.0 Å². The van der Waals surface area contributed by atoms with Gasteiger partial charge in [0.25, 0.3) is 0 Å². The largest absolute Gasteiger partial charge is 0.444 e. The lowest BCUT2D eigenvalue weighted by Crippen LogP contribution is -2.43. The molecule has 0 unspecified atom stereocenters. The summed E-state index contributed by atoms with van der Waals surface area (Å²) in [5.74, 6) is 0.0926. The number of hydrogen-bond acceptors (Lipinski definition) is 5. The molecule has 0 radical (unpaired) electrons. The molecule has 0 saturated heterocycles. The Hall–Kier alpha value is -3.40. The van der Waals surface area contributed by atoms with Crippen molar-refractivity contribution in [2.24, 2.45) is 5.73 Å². The van der Waals surface area contributed by atoms with Crippen molar-refractivity contribution in [1.29, 1.82) is 5.26 Å². The number of nitriles is 1. The first kappa shape index (κ1) is 24.7. The number of benzene rings is 2. The van der Waals surface area contributed by atoms with Gasteiger partial charge < -0.3 is 15.2 Å². The summed E-state index contributed by atoms with van der Waals surface area (Å²) in [5.41, 5.74) is 9.03. The van der Waals surface area contributed by atoms with Gasteiger partial charge in [0.2, 0.25) is 5.88 Å². The summed E-state index contributed by atoms with van der Waals surface area (Å²) in [7, 11) is 0. The molecule has 4 rings (SSSR count). The van der Waals surface area contributed by atoms with Crippen LogP contribution in [0.1, 0.15) is 37.8 Å². The molecule has 0 aromatic heterocycles. The molecule has 2 aliphatic rings. The van der Waals surface area contributed by atoms with Crippen LogP contribution in [0.3, 0.4) is 0 Å². The van der Waals surface area contributed by atoms with E-state index in [4.69, 9.17) is 38.4 Å². The number of halogens is 2. The summed E-state index contributed by atoms with van der Waals surface area (Å²) >= 11 is 12.2. The fourth-order valence-corrected chi connectivity index (χ4v) is 4.37. The number of carbonyl (C=O) groups is 1. The van der Waals surface area contributed by atoms with E-state index in [-0.39, 0.29) is 24.5 Å². The van der Waals surface area contributed by atoms with Crippen LogP contribution in [0.25, 0.3) is 6.08 Å². The highest BCUT2D eigenvalue weighted by Crippen LogP contribution is 2.44. The second-order valence-corrected chi connectivity index (χ2v) is 10.3. The highest BCUT2D eigenvalue weighted by molar-refractivity contribution is 6.30. The van der Waals surface area contributed by atoms with Crippen molar-refractivity contribution in [1.82, 2.24) is 4.90 Å². The molecular weight excluding hydrogens is 485 g/mol. The van der Waals surface area contributed by atoms with Crippen molar-refractivity contribution < 1.29 is 14.3 Å². The Kier molecular flexibility index (Phi) is 6.84. The lowest BCUT2D eigenvalue weighted by atomic mass is 9.80. The molecule has 2 aromatic carbocycles. The Bertz CT molecular complexity index is 1280. The molecule has 0 bridgehead atoms. The lowest BCUT2D eigenvalue weighted by molar-refractivity contribution is 0.0267. The number of nitrogens with zero attached hydrogens (tertiary/aromatic N) is 2. The number of rotatable bonds is 2. The van der Waals surface area contributed by atoms with E-state index >= 15 is 0 Å². The van der Waals surface area contributed by atoms with Crippen LogP contribution in [0.4, 0.5) is 4.79 Å². The number of allylic oxidation sites excluding steroid dienone is 1. The van der Waals surface area contributed by atoms with E-state index in [0.29, 0.717) is 15.8 Å². The normalized spacial score (nSPS) is 19.3. The van der Waals surface area contributed by atoms with Crippen LogP contribution in [0.15, 0.2) is 76.9 Å². The van der Waals surface area contributed by atoms with Crippen LogP contribution in [0.2, 0.25) is 10.0 Å². The van der Waals surface area contributed by atoms with Gasteiger partial charge in [-0.2, -0.15) is 5.26 Å². The van der Waals surface area contributed by atoms with Gasteiger partial charge in [-0.3, -0.25) is 4.90 Å². The molecule has 0 spiro atoms. The summed E-state index contributed by atoms with van der Waals surface area (Å²) in [5, 5.41) is 11.1. The minimum absolute atomic E-state index is 0.0407. The molecule has 180 valence electrons. The first-order valence-electron chi connectivity index (χ1n) is 11.1. The van der Waals surface area contributed by atoms with E-state index in [1.807, 2.05) is 51.1 Å². The van der Waals surface area contributed by atoms with Gasteiger partial charge in [0, 0.05) is 21.2 Å². The van der Waals surface area contributed by atoms with E-state index in [9.17, 15) is 10.1 Å². The van der Waals surface area contributed by atoms with Crippen molar-refractivity contribution in [3.8, 4) is 6.07 Å². The zero-order valence-electron chi connectivity index (χ0n) is 19.6. The molecule has 1 amide bonds. The minimum Gasteiger partial charge on any atom is -0.444 e. The second kappa shape index (κ2) is 9.69. The van der Waals surface area contributed by atoms with Crippen molar-refractivity contribution in [3.05, 3.63) is 98.1 Å². The first-order valence-corrected chi connectivity index (χ1v) is 11.8. The van der Waals surface area contributed by atoms with Gasteiger partial charge in [-0.25, -0.2) is 4.79 Å². The highest BCUT2D eigenvalue weighted by Gasteiger charge is 2.39. The van der Waals surface area contributed by atoms with Crippen LogP contribution in [0.5, 0.6) is 0 Å². The van der Waals surface area contributed by atoms with Gasteiger partial charge in [0.15, 0.2) is 0 Å². The Morgan fingerprint density at radius 2 is 1.71 bits per heavy atom. The molecule has 2 aromatic rings. The van der Waals surface area contributed by atoms with Crippen LogP contribution in [-0.2, 0) is 9.47 Å². The molecule has 1 atom stereocenters. The van der Waals surface area contributed by atoms with E-state index in [1.54, 1.807) is 29.2 Å². The summed E-state index contributed by atoms with van der Waals surface area (Å²) in [4.78, 5) is 14.7. The van der Waals surface area contributed by atoms with Crippen LogP contribution >= 0.6 is 23.2 Å². The summed E-state index contributed by atoms with van der Waals surface area (Å²) in [6.07, 6.45) is 1.47. The molecule has 2 N–H and O–H groups in total. The van der Waals surface area contributed by atoms with Crippen molar-refractivity contribution in [2.45, 2.75) is 32.3 Å². The van der Waals surface area contributed by atoms with Gasteiger partial charge in [-0.15, -0.1) is 0 Å². The number of nitrogens with two attached hydrogens (primary N) is 1. The van der Waals surface area contributed by atoms with Crippen molar-refractivity contribution in [3.63, 3.8) is 0 Å². The molecular formula is C27H25Cl2N3O3. The maximum Gasteiger partial charge on any atom is 0.410 e. The average Bonchev–Trinajstić information content (AvgIpc) is 2.79. The number of amides is 1. The van der Waals surface area contributed by atoms with Crippen LogP contribution in [0, 0.1) is 11.3 Å². The SMILES string of the molecule is CC(C)(C)OC(=O)N1CC2=C(OC(N)=C(C#N)[C@H]2c2ccc(Cl)cc2)/C(=C/c2ccc(Cl)cc2)C1. The van der Waals surface area contributed by atoms with Crippen molar-refractivity contribution in [2.75, 3.05) is 13.1 Å². The molecule has 0 aliphatic carbocycles. The summed E-state index contributed by atoms with van der Waals surface area (Å²) in [6, 6.07) is 16.7. The highest BCUT2D eigenvalue weighted by atomic mass is 35.5. The Balaban J connectivity index is 1.86. The maximum atomic E-state index is 13.1. The van der Waals surface area contributed by atoms with E-state index < -0.39 is 17.6 Å². The average molecular weight is 510 g/mol. The topological polar surface area (TPSA) is 88.6 Å². The maximum absolute atomic E-state index is 13.1. The molecule has 0 fully saturated rings. The van der Waals surface area contributed by atoms with E-state index in [1.165, 1.54) is 0 Å². The lowest BCUT2D eigenvalue weighted by Gasteiger charge is -2.38. The first-order chi connectivity index (χ1) is 16.6. The molecule has 35 heavy (non-hydrogen) atoms. The predicted molar refractivity (Wildman–Crippen MR) is 136 cm³/mol. The quantitative estimate of drug-likeness (QED) is 0.506. The second-order valence-electron chi connectivity index (χ2n) is 9.39. The molecule has 8 heteroatoms. The standard InChI is InChI=1S/C27H25Cl2N3O3/c1-27(2,3)35-26(33)32-14-18(12-16-4-8-19(28)9-5-16)24-22(15-32)23(21(13-30)25(31)34-24)17-6-10-20(29)11-7-17/h4-12,23H,14-15,31H2,1-3H3/b18-12+/t23-/m1/s1. The van der Waals surface area contributed by atoms with Gasteiger partial charge in [-0.1, -0.05) is 47.5 Å². The molecule has 2 heterocycles. The third kappa shape index (κ3) is 5.48. The van der Waals surface area contributed by atoms with Gasteiger partial charge >= 0.3 is 6.09 Å². The minimum atomic E-state index is -0.660. The Morgan fingerprint density at radius 3 is 2.29 bits per heavy atom. The van der Waals surface area contributed by atoms with Crippen LogP contribution < -0.4 is 5.73 Å². The Morgan fingerprint density at radius 1 is 1.11 bits per heavy atom. The molecule has 0 saturated carbocycles. The van der Waals surface area contributed by atoms with Gasteiger partial charge in [0.05, 0.1) is 19.0 Å². The number of ether oxygens (including phenoxy) is 2. The fourth-order valence-electron chi connectivity index (χ4n) is 4.12. The molecule has 6 nitrogen and oxygen atoms in total. The smallest absolute Gasteiger partial charge is 0.410 e. The predicted octanol–water partition coefficient (Wildman–Crippen LogP) is 6.39. The summed E-state index contributed by atoms with van der Waals surface area (Å²) in [6.45, 7) is 5.93. The third-order valence-electron chi connectivity index (χ3n) is 5.61. The van der Waals surface area contributed by atoms with E-state index in [0.717, 1.165) is 22.3 Å². The summed E-state index contributed by atoms with van der Waals surface area (Å²) < 4.78 is 11.7. The number of carbonyl (C=O) groups excluding carboxylic acids is 1. The van der Waals surface area contributed by atoms with Gasteiger partial charge in [-0.05, 0) is 62.2 Å². The zero-order valence-corrected chi connectivity index (χ0v) is 21.2. The Labute approximate surface area is 214 Å². The number of hydrogen-bond donors (Lipinski definition) is 1. The molecule has 2 aliphatic heterocycles. The van der Waals surface area contributed by atoms with Crippen molar-refractivity contribution >= 4 is 35.4 Å². The van der Waals surface area contributed by atoms with E-state index in [2.05, 4.69) is 6.07 Å². The van der Waals surface area contributed by atoms with Crippen LogP contribution in [-0.4, -0.2) is 29.7 Å².